The summed E-state index contributed by atoms with van der Waals surface area (Å²) in [5.41, 5.74) is 20.6. The summed E-state index contributed by atoms with van der Waals surface area (Å²) in [4.78, 5) is 0. The smallest absolute Gasteiger partial charge is 0.0587 e. The van der Waals surface area contributed by atoms with Crippen LogP contribution in [0.25, 0.3) is 11.1 Å². The molecule has 3 heteroatoms. The van der Waals surface area contributed by atoms with E-state index >= 15 is 0 Å². The highest BCUT2D eigenvalue weighted by molar-refractivity contribution is 5.73. The second-order valence-electron chi connectivity index (χ2n) is 5.27. The molecule has 21 heavy (non-hydrogen) atoms. The molecule has 0 aliphatic heterocycles. The minimum absolute atomic E-state index is 0.877. The summed E-state index contributed by atoms with van der Waals surface area (Å²) in [5.74, 6) is 0. The van der Waals surface area contributed by atoms with Crippen LogP contribution in [0.2, 0.25) is 0 Å². The maximum absolute atomic E-state index is 7.32. The molecular formula is C18H23N3. The number of rotatable bonds is 1. The molecule has 2 aromatic rings. The molecule has 0 bridgehead atoms. The molecule has 0 atom stereocenters. The Morgan fingerprint density at radius 1 is 0.714 bits per heavy atom. The second-order valence-corrected chi connectivity index (χ2v) is 5.27. The zero-order valence-electron chi connectivity index (χ0n) is 13.4. The molecule has 0 aliphatic rings. The van der Waals surface area contributed by atoms with Crippen molar-refractivity contribution in [1.82, 2.24) is 0 Å². The van der Waals surface area contributed by atoms with Crippen molar-refractivity contribution in [3.05, 3.63) is 46.5 Å². The summed E-state index contributed by atoms with van der Waals surface area (Å²) in [6, 6.07) is 10.3. The molecule has 4 N–H and O–H groups in total. The zero-order valence-corrected chi connectivity index (χ0v) is 13.4. The lowest BCUT2D eigenvalue weighted by Crippen LogP contribution is -1.97. The molecule has 0 saturated heterocycles. The lowest BCUT2D eigenvalue weighted by molar-refractivity contribution is 1.36. The summed E-state index contributed by atoms with van der Waals surface area (Å²) in [7, 11) is 0. The van der Waals surface area contributed by atoms with Crippen LogP contribution < -0.4 is 11.5 Å². The first-order valence-electron chi connectivity index (χ1n) is 6.86. The summed E-state index contributed by atoms with van der Waals surface area (Å²) >= 11 is 0. The number of benzene rings is 2. The fourth-order valence-electron chi connectivity index (χ4n) is 2.28. The largest absolute Gasteiger partial charge is 0.398 e. The van der Waals surface area contributed by atoms with Gasteiger partial charge in [0.1, 0.15) is 0 Å². The number of hydrogen-bond acceptors (Lipinski definition) is 3. The standard InChI is InChI=1S/C16H20N2.C2H3N/c1-9-5-13(6-10(2)15(9)17)14-7-11(3)16(18)12(4)8-14;1-2-3/h5-8H,17-18H2,1-4H3;1H3. The van der Waals surface area contributed by atoms with Crippen molar-refractivity contribution in [3.63, 3.8) is 0 Å². The highest BCUT2D eigenvalue weighted by atomic mass is 14.6. The van der Waals surface area contributed by atoms with Crippen LogP contribution in [0.4, 0.5) is 11.4 Å². The Labute approximate surface area is 127 Å². The van der Waals surface area contributed by atoms with Gasteiger partial charge in [0.25, 0.3) is 0 Å². The van der Waals surface area contributed by atoms with Crippen molar-refractivity contribution in [2.75, 3.05) is 11.5 Å². The van der Waals surface area contributed by atoms with Gasteiger partial charge in [-0.05, 0) is 85.3 Å². The van der Waals surface area contributed by atoms with Gasteiger partial charge in [-0.15, -0.1) is 0 Å². The van der Waals surface area contributed by atoms with Crippen molar-refractivity contribution in [2.45, 2.75) is 34.6 Å². The van der Waals surface area contributed by atoms with E-state index in [1.807, 2.05) is 27.7 Å². The van der Waals surface area contributed by atoms with E-state index in [0.29, 0.717) is 0 Å². The van der Waals surface area contributed by atoms with Crippen LogP contribution in [-0.2, 0) is 0 Å². The highest BCUT2D eigenvalue weighted by Crippen LogP contribution is 2.30. The van der Waals surface area contributed by atoms with Gasteiger partial charge in [0.05, 0.1) is 6.07 Å². The average molecular weight is 281 g/mol. The molecule has 2 rings (SSSR count). The summed E-state index contributed by atoms with van der Waals surface area (Å²) < 4.78 is 0. The van der Waals surface area contributed by atoms with E-state index in [1.54, 1.807) is 6.07 Å². The third-order valence-corrected chi connectivity index (χ3v) is 3.52. The van der Waals surface area contributed by atoms with Crippen LogP contribution in [0.5, 0.6) is 0 Å². The van der Waals surface area contributed by atoms with Gasteiger partial charge < -0.3 is 11.5 Å². The number of nitrogens with zero attached hydrogens (tertiary/aromatic N) is 1. The SMILES string of the molecule is CC#N.Cc1cc(-c2cc(C)c(N)c(C)c2)cc(C)c1N. The van der Waals surface area contributed by atoms with Crippen molar-refractivity contribution in [2.24, 2.45) is 0 Å². The fraction of sp³-hybridized carbons (Fsp3) is 0.278. The lowest BCUT2D eigenvalue weighted by atomic mass is 9.95. The molecule has 0 unspecified atom stereocenters. The van der Waals surface area contributed by atoms with E-state index < -0.39 is 0 Å². The summed E-state index contributed by atoms with van der Waals surface area (Å²) in [6.07, 6.45) is 0. The van der Waals surface area contributed by atoms with Crippen molar-refractivity contribution in [1.29, 1.82) is 5.26 Å². The Balaban J connectivity index is 0.000000677. The first-order valence-corrected chi connectivity index (χ1v) is 6.86. The first-order chi connectivity index (χ1) is 9.81. The minimum atomic E-state index is 0.877. The summed E-state index contributed by atoms with van der Waals surface area (Å²) in [5, 5.41) is 7.32. The Morgan fingerprint density at radius 3 is 1.10 bits per heavy atom. The van der Waals surface area contributed by atoms with Gasteiger partial charge in [0, 0.05) is 18.3 Å². The van der Waals surface area contributed by atoms with E-state index in [9.17, 15) is 0 Å². The first kappa shape index (κ1) is 16.6. The molecule has 0 aliphatic carbocycles. The van der Waals surface area contributed by atoms with Crippen LogP contribution in [0.15, 0.2) is 24.3 Å². The third kappa shape index (κ3) is 3.76. The average Bonchev–Trinajstić information content (AvgIpc) is 2.42. The van der Waals surface area contributed by atoms with Crippen molar-refractivity contribution >= 4 is 11.4 Å². The Morgan fingerprint density at radius 2 is 0.905 bits per heavy atom. The van der Waals surface area contributed by atoms with E-state index in [4.69, 9.17) is 16.7 Å². The van der Waals surface area contributed by atoms with Crippen LogP contribution in [0.1, 0.15) is 29.2 Å². The van der Waals surface area contributed by atoms with Gasteiger partial charge in [-0.25, -0.2) is 0 Å². The molecular weight excluding hydrogens is 258 g/mol. The van der Waals surface area contributed by atoms with Gasteiger partial charge >= 0.3 is 0 Å². The predicted octanol–water partition coefficient (Wildman–Crippen LogP) is 4.28. The molecule has 0 amide bonds. The quantitative estimate of drug-likeness (QED) is 0.766. The number of nitriles is 1. The van der Waals surface area contributed by atoms with E-state index in [-0.39, 0.29) is 0 Å². The molecule has 0 aromatic heterocycles. The Kier molecular flexibility index (Phi) is 5.37. The molecule has 110 valence electrons. The molecule has 3 nitrogen and oxygen atoms in total. The predicted molar refractivity (Wildman–Crippen MR) is 90.9 cm³/mol. The molecule has 0 fully saturated rings. The van der Waals surface area contributed by atoms with E-state index in [1.165, 1.54) is 18.1 Å². The van der Waals surface area contributed by atoms with Crippen molar-refractivity contribution in [3.8, 4) is 17.2 Å². The van der Waals surface area contributed by atoms with Crippen LogP contribution in [0.3, 0.4) is 0 Å². The van der Waals surface area contributed by atoms with Gasteiger partial charge in [-0.2, -0.15) is 5.26 Å². The van der Waals surface area contributed by atoms with Crippen LogP contribution in [0, 0.1) is 39.0 Å². The topological polar surface area (TPSA) is 75.8 Å². The lowest BCUT2D eigenvalue weighted by Gasteiger charge is -2.12. The van der Waals surface area contributed by atoms with Gasteiger partial charge in [-0.1, -0.05) is 0 Å². The van der Waals surface area contributed by atoms with Gasteiger partial charge in [0.2, 0.25) is 0 Å². The normalized spacial score (nSPS) is 9.52. The summed E-state index contributed by atoms with van der Waals surface area (Å²) in [6.45, 7) is 9.61. The minimum Gasteiger partial charge on any atom is -0.398 e. The highest BCUT2D eigenvalue weighted by Gasteiger charge is 2.07. The molecule has 0 heterocycles. The third-order valence-electron chi connectivity index (χ3n) is 3.52. The maximum Gasteiger partial charge on any atom is 0.0587 e. The number of nitrogen functional groups attached to an aromatic ring is 2. The van der Waals surface area contributed by atoms with E-state index in [0.717, 1.165) is 33.6 Å². The van der Waals surface area contributed by atoms with E-state index in [2.05, 4.69) is 24.3 Å². The van der Waals surface area contributed by atoms with Crippen LogP contribution in [-0.4, -0.2) is 0 Å². The molecule has 0 saturated carbocycles. The Hall–Kier alpha value is -2.47. The molecule has 0 radical (unpaired) electrons. The number of aryl methyl sites for hydroxylation is 4. The van der Waals surface area contributed by atoms with Gasteiger partial charge in [0.15, 0.2) is 0 Å². The Bertz CT molecular complexity index is 593. The maximum atomic E-state index is 7.32. The number of hydrogen-bond donors (Lipinski definition) is 2. The molecule has 0 spiro atoms. The van der Waals surface area contributed by atoms with Crippen LogP contribution >= 0.6 is 0 Å². The van der Waals surface area contributed by atoms with Crippen molar-refractivity contribution < 1.29 is 0 Å². The zero-order chi connectivity index (χ0) is 16.2. The molecule has 2 aromatic carbocycles. The fourth-order valence-corrected chi connectivity index (χ4v) is 2.28. The van der Waals surface area contributed by atoms with Gasteiger partial charge in [-0.3, -0.25) is 0 Å². The number of anilines is 2. The second kappa shape index (κ2) is 6.81. The monoisotopic (exact) mass is 281 g/mol. The number of nitrogens with two attached hydrogens (primary N) is 2.